The Morgan fingerprint density at radius 2 is 1.53 bits per heavy atom. The molecule has 0 bridgehead atoms. The molecule has 0 saturated heterocycles. The van der Waals surface area contributed by atoms with Gasteiger partial charge in [-0.15, -0.1) is 0 Å². The molecule has 6 nitrogen and oxygen atoms in total. The van der Waals surface area contributed by atoms with Crippen molar-refractivity contribution >= 4 is 10.4 Å². The average Bonchev–Trinajstić information content (AvgIpc) is 2.14. The largest absolute Gasteiger partial charge is 0.508 e. The number of likely N-dealkylation sites (N-methyl/N-ethyl adjacent to an activating group) is 1. The second kappa shape index (κ2) is 7.23. The van der Waals surface area contributed by atoms with Gasteiger partial charge in [0.1, 0.15) is 5.75 Å². The number of hydrogen-bond donors (Lipinski definition) is 3. The Hall–Kier alpha value is -1.15. The van der Waals surface area contributed by atoms with Crippen LogP contribution in [0.5, 0.6) is 5.75 Å². The normalized spacial score (nSPS) is 10.9. The first-order chi connectivity index (χ1) is 7.68. The van der Waals surface area contributed by atoms with Crippen LogP contribution in [0, 0.1) is 0 Å². The van der Waals surface area contributed by atoms with Crippen molar-refractivity contribution in [3.8, 4) is 5.75 Å². The molecule has 0 spiro atoms. The summed E-state index contributed by atoms with van der Waals surface area (Å²) in [4.78, 5) is 2.15. The summed E-state index contributed by atoms with van der Waals surface area (Å²) < 4.78 is 31.6. The zero-order chi connectivity index (χ0) is 13.5. The maximum absolute atomic E-state index is 9.02. The zero-order valence-electron chi connectivity index (χ0n) is 9.74. The lowest BCUT2D eigenvalue weighted by atomic mass is 10.1. The predicted molar refractivity (Wildman–Crippen MR) is 64.5 cm³/mol. The molecular formula is C10H17NO5S. The third-order valence-electron chi connectivity index (χ3n) is 1.78. The Kier molecular flexibility index (Phi) is 6.74. The molecule has 0 unspecified atom stereocenters. The van der Waals surface area contributed by atoms with E-state index in [0.717, 1.165) is 13.0 Å². The number of aromatic hydroxyl groups is 1. The van der Waals surface area contributed by atoms with E-state index >= 15 is 0 Å². The Labute approximate surface area is 101 Å². The van der Waals surface area contributed by atoms with Crippen molar-refractivity contribution in [2.45, 2.75) is 6.42 Å². The molecule has 3 N–H and O–H groups in total. The van der Waals surface area contributed by atoms with Gasteiger partial charge in [-0.25, -0.2) is 0 Å². The monoisotopic (exact) mass is 263 g/mol. The molecule has 0 fully saturated rings. The summed E-state index contributed by atoms with van der Waals surface area (Å²) in [7, 11) is -0.555. The molecule has 98 valence electrons. The topological polar surface area (TPSA) is 98.1 Å². The van der Waals surface area contributed by atoms with E-state index in [2.05, 4.69) is 19.0 Å². The molecule has 7 heteroatoms. The Bertz CT molecular complexity index is 405. The van der Waals surface area contributed by atoms with E-state index in [1.165, 1.54) is 5.56 Å². The fourth-order valence-corrected chi connectivity index (χ4v) is 1.02. The molecule has 17 heavy (non-hydrogen) atoms. The van der Waals surface area contributed by atoms with Gasteiger partial charge in [0, 0.05) is 6.54 Å². The van der Waals surface area contributed by atoms with Crippen molar-refractivity contribution in [2.75, 3.05) is 20.6 Å². The van der Waals surface area contributed by atoms with Gasteiger partial charge in [-0.2, -0.15) is 8.42 Å². The van der Waals surface area contributed by atoms with Crippen LogP contribution in [0.4, 0.5) is 0 Å². The second-order valence-corrected chi connectivity index (χ2v) is 4.56. The SMILES string of the molecule is CN(C)CCc1ccc(O)cc1.O=S(=O)(O)O. The lowest BCUT2D eigenvalue weighted by Crippen LogP contribution is -2.14. The number of phenolic OH excluding ortho intramolecular Hbond substituents is 1. The number of hydrogen-bond acceptors (Lipinski definition) is 4. The highest BCUT2D eigenvalue weighted by atomic mass is 32.3. The third-order valence-corrected chi connectivity index (χ3v) is 1.78. The predicted octanol–water partition coefficient (Wildman–Crippen LogP) is 0.844. The molecule has 0 aliphatic carbocycles. The maximum Gasteiger partial charge on any atom is 0.394 e. The van der Waals surface area contributed by atoms with Crippen LogP contribution in [0.15, 0.2) is 24.3 Å². The van der Waals surface area contributed by atoms with Gasteiger partial charge in [-0.05, 0) is 38.2 Å². The van der Waals surface area contributed by atoms with E-state index in [4.69, 9.17) is 22.6 Å². The lowest BCUT2D eigenvalue weighted by molar-refractivity contribution is 0.381. The van der Waals surface area contributed by atoms with Gasteiger partial charge < -0.3 is 10.0 Å². The summed E-state index contributed by atoms with van der Waals surface area (Å²) in [5, 5.41) is 9.02. The highest BCUT2D eigenvalue weighted by Gasteiger charge is 1.94. The summed E-state index contributed by atoms with van der Waals surface area (Å²) in [6, 6.07) is 7.37. The van der Waals surface area contributed by atoms with Gasteiger partial charge in [0.05, 0.1) is 0 Å². The van der Waals surface area contributed by atoms with Crippen LogP contribution in [-0.2, 0) is 16.8 Å². The molecule has 0 radical (unpaired) electrons. The quantitative estimate of drug-likeness (QED) is 0.699. The molecule has 0 aliphatic rings. The molecule has 0 amide bonds. The van der Waals surface area contributed by atoms with E-state index in [1.807, 2.05) is 12.1 Å². The van der Waals surface area contributed by atoms with E-state index in [-0.39, 0.29) is 0 Å². The molecule has 1 rings (SSSR count). The molecule has 0 aliphatic heterocycles. The van der Waals surface area contributed by atoms with Crippen LogP contribution >= 0.6 is 0 Å². The van der Waals surface area contributed by atoms with Crippen LogP contribution in [0.3, 0.4) is 0 Å². The minimum Gasteiger partial charge on any atom is -0.508 e. The van der Waals surface area contributed by atoms with Crippen LogP contribution in [0.2, 0.25) is 0 Å². The van der Waals surface area contributed by atoms with Crippen LogP contribution in [0.25, 0.3) is 0 Å². The lowest BCUT2D eigenvalue weighted by Gasteiger charge is -2.08. The van der Waals surface area contributed by atoms with Crippen molar-refractivity contribution in [1.82, 2.24) is 4.90 Å². The van der Waals surface area contributed by atoms with Crippen molar-refractivity contribution in [1.29, 1.82) is 0 Å². The number of rotatable bonds is 3. The molecule has 1 aromatic carbocycles. The first-order valence-electron chi connectivity index (χ1n) is 4.81. The Morgan fingerprint density at radius 1 is 1.12 bits per heavy atom. The van der Waals surface area contributed by atoms with Crippen LogP contribution in [-0.4, -0.2) is 48.2 Å². The highest BCUT2D eigenvalue weighted by Crippen LogP contribution is 2.09. The number of benzene rings is 1. The van der Waals surface area contributed by atoms with Crippen molar-refractivity contribution in [3.05, 3.63) is 29.8 Å². The second-order valence-electron chi connectivity index (χ2n) is 3.67. The minimum absolute atomic E-state index is 0.337. The smallest absolute Gasteiger partial charge is 0.394 e. The fraction of sp³-hybridized carbons (Fsp3) is 0.400. The first kappa shape index (κ1) is 15.9. The van der Waals surface area contributed by atoms with E-state index in [0.29, 0.717) is 5.75 Å². The van der Waals surface area contributed by atoms with E-state index < -0.39 is 10.4 Å². The number of nitrogens with zero attached hydrogens (tertiary/aromatic N) is 1. The summed E-state index contributed by atoms with van der Waals surface area (Å²) in [6.07, 6.45) is 1.04. The van der Waals surface area contributed by atoms with Crippen molar-refractivity contribution < 1.29 is 22.6 Å². The fourth-order valence-electron chi connectivity index (χ4n) is 1.02. The van der Waals surface area contributed by atoms with Gasteiger partial charge in [0.2, 0.25) is 0 Å². The van der Waals surface area contributed by atoms with Gasteiger partial charge in [-0.3, -0.25) is 9.11 Å². The standard InChI is InChI=1S/C10H15NO.H2O4S/c1-11(2)8-7-9-3-5-10(12)6-4-9;1-5(2,3)4/h3-6,12H,7-8H2,1-2H3;(H2,1,2,3,4). The summed E-state index contributed by atoms with van der Waals surface area (Å²) >= 11 is 0. The Morgan fingerprint density at radius 3 is 1.88 bits per heavy atom. The van der Waals surface area contributed by atoms with Gasteiger partial charge in [0.15, 0.2) is 0 Å². The molecule has 0 aromatic heterocycles. The number of phenols is 1. The van der Waals surface area contributed by atoms with Crippen molar-refractivity contribution in [3.63, 3.8) is 0 Å². The molecule has 0 saturated carbocycles. The zero-order valence-corrected chi connectivity index (χ0v) is 10.6. The van der Waals surface area contributed by atoms with Gasteiger partial charge in [-0.1, -0.05) is 12.1 Å². The summed E-state index contributed by atoms with van der Waals surface area (Å²) in [5.41, 5.74) is 1.27. The van der Waals surface area contributed by atoms with Crippen LogP contribution in [0.1, 0.15) is 5.56 Å². The van der Waals surface area contributed by atoms with Gasteiger partial charge in [0.25, 0.3) is 0 Å². The Balaban J connectivity index is 0.000000437. The van der Waals surface area contributed by atoms with E-state index in [9.17, 15) is 0 Å². The van der Waals surface area contributed by atoms with Crippen LogP contribution < -0.4 is 0 Å². The maximum atomic E-state index is 9.02. The third kappa shape index (κ3) is 12.8. The van der Waals surface area contributed by atoms with E-state index in [1.54, 1.807) is 12.1 Å². The molecular weight excluding hydrogens is 246 g/mol. The average molecular weight is 263 g/mol. The first-order valence-corrected chi connectivity index (χ1v) is 6.20. The summed E-state index contributed by atoms with van der Waals surface area (Å²) in [6.45, 7) is 1.05. The summed E-state index contributed by atoms with van der Waals surface area (Å²) in [5.74, 6) is 0.337. The minimum atomic E-state index is -4.67. The molecule has 0 atom stereocenters. The van der Waals surface area contributed by atoms with Crippen molar-refractivity contribution in [2.24, 2.45) is 0 Å². The molecule has 0 heterocycles. The van der Waals surface area contributed by atoms with Gasteiger partial charge >= 0.3 is 10.4 Å². The molecule has 1 aromatic rings. The highest BCUT2D eigenvalue weighted by molar-refractivity contribution is 7.79.